The third-order valence-electron chi connectivity index (χ3n) is 2.00. The molecule has 0 saturated heterocycles. The smallest absolute Gasteiger partial charge is 0.138 e. The Bertz CT molecular complexity index is 379. The molecule has 13 heavy (non-hydrogen) atoms. The summed E-state index contributed by atoms with van der Waals surface area (Å²) < 4.78 is 0. The average Bonchev–Trinajstić information content (AvgIpc) is 2.09. The third-order valence-corrected chi connectivity index (χ3v) is 2.48. The van der Waals surface area contributed by atoms with Gasteiger partial charge in [0.1, 0.15) is 5.75 Å². The van der Waals surface area contributed by atoms with Crippen LogP contribution in [0.3, 0.4) is 0 Å². The molecule has 0 aromatic heterocycles. The van der Waals surface area contributed by atoms with Gasteiger partial charge in [-0.25, -0.2) is 0 Å². The third kappa shape index (κ3) is 1.76. The molecular weight excluding hydrogens is 186 g/mol. The van der Waals surface area contributed by atoms with E-state index in [-0.39, 0.29) is 12.2 Å². The van der Waals surface area contributed by atoms with Crippen molar-refractivity contribution < 1.29 is 5.11 Å². The van der Waals surface area contributed by atoms with E-state index < -0.39 is 0 Å². The molecule has 2 nitrogen and oxygen atoms in total. The van der Waals surface area contributed by atoms with Crippen molar-refractivity contribution in [3.63, 3.8) is 0 Å². The van der Waals surface area contributed by atoms with Crippen molar-refractivity contribution in [1.29, 1.82) is 5.26 Å². The molecule has 1 N–H and O–H groups in total. The summed E-state index contributed by atoms with van der Waals surface area (Å²) >= 11 is 5.83. The summed E-state index contributed by atoms with van der Waals surface area (Å²) in [5.74, 6) is 0.0423. The fourth-order valence-corrected chi connectivity index (χ4v) is 1.45. The van der Waals surface area contributed by atoms with E-state index in [1.807, 2.05) is 26.0 Å². The van der Waals surface area contributed by atoms with Crippen molar-refractivity contribution >= 4 is 11.6 Å². The zero-order valence-electron chi connectivity index (χ0n) is 7.56. The Labute approximate surface area is 82.4 Å². The summed E-state index contributed by atoms with van der Waals surface area (Å²) in [6.07, 6.45) is 0.192. The van der Waals surface area contributed by atoms with E-state index in [2.05, 4.69) is 0 Å². The standard InChI is InChI=1S/C10H10ClNO/c1-6-5-7(2)9(11)10(13)8(6)3-4-12/h5,13H,3H2,1-2H3. The van der Waals surface area contributed by atoms with Crippen molar-refractivity contribution in [3.05, 3.63) is 27.8 Å². The lowest BCUT2D eigenvalue weighted by molar-refractivity contribution is 0.469. The highest BCUT2D eigenvalue weighted by atomic mass is 35.5. The molecule has 0 heterocycles. The van der Waals surface area contributed by atoms with Crippen LogP contribution in [-0.4, -0.2) is 5.11 Å². The molecule has 1 aromatic carbocycles. The lowest BCUT2D eigenvalue weighted by Gasteiger charge is -2.08. The molecule has 0 aliphatic heterocycles. The van der Waals surface area contributed by atoms with Crippen molar-refractivity contribution in [2.45, 2.75) is 20.3 Å². The van der Waals surface area contributed by atoms with Crippen molar-refractivity contribution in [2.75, 3.05) is 0 Å². The number of aromatic hydroxyl groups is 1. The second-order valence-corrected chi connectivity index (χ2v) is 3.36. The maximum atomic E-state index is 9.61. The molecule has 0 bridgehead atoms. The normalized spacial score (nSPS) is 9.69. The van der Waals surface area contributed by atoms with Crippen molar-refractivity contribution in [1.82, 2.24) is 0 Å². The van der Waals surface area contributed by atoms with E-state index in [0.717, 1.165) is 11.1 Å². The Morgan fingerprint density at radius 3 is 2.62 bits per heavy atom. The molecule has 0 saturated carbocycles. The summed E-state index contributed by atoms with van der Waals surface area (Å²) in [6, 6.07) is 3.86. The van der Waals surface area contributed by atoms with Crippen LogP contribution < -0.4 is 0 Å². The van der Waals surface area contributed by atoms with Crippen LogP contribution in [-0.2, 0) is 6.42 Å². The van der Waals surface area contributed by atoms with Gasteiger partial charge in [-0.1, -0.05) is 17.7 Å². The maximum absolute atomic E-state index is 9.61. The van der Waals surface area contributed by atoms with E-state index in [9.17, 15) is 5.11 Å². The first-order chi connectivity index (χ1) is 6.07. The number of nitriles is 1. The minimum Gasteiger partial charge on any atom is -0.506 e. The largest absolute Gasteiger partial charge is 0.506 e. The highest BCUT2D eigenvalue weighted by Gasteiger charge is 2.11. The fourth-order valence-electron chi connectivity index (χ4n) is 1.28. The van der Waals surface area contributed by atoms with Crippen LogP contribution in [0.1, 0.15) is 16.7 Å². The first-order valence-corrected chi connectivity index (χ1v) is 4.30. The maximum Gasteiger partial charge on any atom is 0.138 e. The predicted molar refractivity (Wildman–Crippen MR) is 51.9 cm³/mol. The fraction of sp³-hybridized carbons (Fsp3) is 0.300. The molecule has 68 valence electrons. The summed E-state index contributed by atoms with van der Waals surface area (Å²) in [4.78, 5) is 0. The van der Waals surface area contributed by atoms with Gasteiger partial charge in [-0.3, -0.25) is 0 Å². The number of hydrogen-bond acceptors (Lipinski definition) is 2. The van der Waals surface area contributed by atoms with Crippen molar-refractivity contribution in [3.8, 4) is 11.8 Å². The number of aryl methyl sites for hydroxylation is 2. The Kier molecular flexibility index (Phi) is 2.79. The van der Waals surface area contributed by atoms with Crippen LogP contribution in [0, 0.1) is 25.2 Å². The minimum absolute atomic E-state index is 0.0423. The molecule has 0 aliphatic rings. The van der Waals surface area contributed by atoms with Gasteiger partial charge in [-0.05, 0) is 25.0 Å². The van der Waals surface area contributed by atoms with Gasteiger partial charge in [0.15, 0.2) is 0 Å². The van der Waals surface area contributed by atoms with E-state index in [1.54, 1.807) is 0 Å². The number of rotatable bonds is 1. The van der Waals surface area contributed by atoms with Gasteiger partial charge in [0.25, 0.3) is 0 Å². The highest BCUT2D eigenvalue weighted by molar-refractivity contribution is 6.32. The molecule has 0 amide bonds. The minimum atomic E-state index is 0.0423. The van der Waals surface area contributed by atoms with Crippen LogP contribution in [0.15, 0.2) is 6.07 Å². The van der Waals surface area contributed by atoms with Crippen LogP contribution in [0.2, 0.25) is 5.02 Å². The van der Waals surface area contributed by atoms with Crippen LogP contribution in [0.4, 0.5) is 0 Å². The second-order valence-electron chi connectivity index (χ2n) is 2.99. The Morgan fingerprint density at radius 1 is 1.46 bits per heavy atom. The summed E-state index contributed by atoms with van der Waals surface area (Å²) in [6.45, 7) is 3.68. The number of nitrogens with zero attached hydrogens (tertiary/aromatic N) is 1. The molecule has 3 heteroatoms. The zero-order chi connectivity index (χ0) is 10.0. The van der Waals surface area contributed by atoms with Crippen LogP contribution >= 0.6 is 11.6 Å². The van der Waals surface area contributed by atoms with Gasteiger partial charge in [0.05, 0.1) is 17.5 Å². The quantitative estimate of drug-likeness (QED) is 0.749. The Balaban J connectivity index is 3.36. The van der Waals surface area contributed by atoms with Crippen molar-refractivity contribution in [2.24, 2.45) is 0 Å². The number of phenols is 1. The van der Waals surface area contributed by atoms with E-state index in [1.165, 1.54) is 0 Å². The summed E-state index contributed by atoms with van der Waals surface area (Å²) in [7, 11) is 0. The summed E-state index contributed by atoms with van der Waals surface area (Å²) in [5.41, 5.74) is 2.36. The van der Waals surface area contributed by atoms with Gasteiger partial charge in [-0.2, -0.15) is 5.26 Å². The number of halogens is 1. The van der Waals surface area contributed by atoms with Gasteiger partial charge < -0.3 is 5.11 Å². The molecule has 1 rings (SSSR count). The van der Waals surface area contributed by atoms with Gasteiger partial charge >= 0.3 is 0 Å². The first-order valence-electron chi connectivity index (χ1n) is 3.92. The Morgan fingerprint density at radius 2 is 2.08 bits per heavy atom. The molecule has 0 aliphatic carbocycles. The highest BCUT2D eigenvalue weighted by Crippen LogP contribution is 2.33. The lowest BCUT2D eigenvalue weighted by Crippen LogP contribution is -1.91. The molecule has 1 aromatic rings. The number of phenolic OH excluding ortho intramolecular Hbond substituents is 1. The monoisotopic (exact) mass is 195 g/mol. The zero-order valence-corrected chi connectivity index (χ0v) is 8.31. The van der Waals surface area contributed by atoms with E-state index in [0.29, 0.717) is 10.6 Å². The molecule has 0 spiro atoms. The van der Waals surface area contributed by atoms with Gasteiger partial charge in [-0.15, -0.1) is 0 Å². The molecule has 0 unspecified atom stereocenters. The van der Waals surface area contributed by atoms with Crippen LogP contribution in [0.25, 0.3) is 0 Å². The number of hydrogen-bond donors (Lipinski definition) is 1. The van der Waals surface area contributed by atoms with Gasteiger partial charge in [0, 0.05) is 5.56 Å². The summed E-state index contributed by atoms with van der Waals surface area (Å²) in [5, 5.41) is 18.5. The Hall–Kier alpha value is -1.20. The molecule has 0 radical (unpaired) electrons. The second kappa shape index (κ2) is 3.68. The first kappa shape index (κ1) is 9.88. The SMILES string of the molecule is Cc1cc(C)c(CC#N)c(O)c1Cl. The average molecular weight is 196 g/mol. The van der Waals surface area contributed by atoms with Crippen LogP contribution in [0.5, 0.6) is 5.75 Å². The molecule has 0 atom stereocenters. The van der Waals surface area contributed by atoms with Gasteiger partial charge in [0.2, 0.25) is 0 Å². The predicted octanol–water partition coefficient (Wildman–Crippen LogP) is 2.73. The van der Waals surface area contributed by atoms with E-state index >= 15 is 0 Å². The number of benzene rings is 1. The molecule has 0 fully saturated rings. The lowest BCUT2D eigenvalue weighted by atomic mass is 10.0. The topological polar surface area (TPSA) is 44.0 Å². The van der Waals surface area contributed by atoms with E-state index in [4.69, 9.17) is 16.9 Å². The molecular formula is C10H10ClNO.